The molecule has 6 aromatic rings. The molecule has 6 rings (SSSR count). The predicted molar refractivity (Wildman–Crippen MR) is 252 cm³/mol. The maximum absolute atomic E-state index is 14.8. The van der Waals surface area contributed by atoms with Crippen molar-refractivity contribution in [3.8, 4) is 11.4 Å². The number of carbonyl (C=O) groups excluding carboxylic acids is 3. The van der Waals surface area contributed by atoms with Crippen molar-refractivity contribution in [1.82, 2.24) is 29.5 Å². The third kappa shape index (κ3) is 13.2. The van der Waals surface area contributed by atoms with E-state index in [1.165, 1.54) is 80.6 Å². The number of ether oxygens (including phenoxy) is 1. The molecule has 11 nitrogen and oxygen atoms in total. The lowest BCUT2D eigenvalue weighted by Gasteiger charge is -2.31. The van der Waals surface area contributed by atoms with Crippen molar-refractivity contribution in [1.29, 1.82) is 0 Å². The summed E-state index contributed by atoms with van der Waals surface area (Å²) in [7, 11) is 0. The van der Waals surface area contributed by atoms with Crippen molar-refractivity contribution < 1.29 is 80.6 Å². The van der Waals surface area contributed by atoms with Gasteiger partial charge in [0.25, 0.3) is 0 Å². The van der Waals surface area contributed by atoms with Crippen LogP contribution in [0.25, 0.3) is 11.4 Å². The number of benzene rings is 4. The first-order valence-corrected chi connectivity index (χ1v) is 23.4. The quantitative estimate of drug-likeness (QED) is 0.0568. The van der Waals surface area contributed by atoms with Gasteiger partial charge in [0.1, 0.15) is 30.9 Å². The molecule has 0 amide bonds. The van der Waals surface area contributed by atoms with Gasteiger partial charge in [0.05, 0.1) is 11.4 Å². The van der Waals surface area contributed by atoms with E-state index in [0.717, 1.165) is 0 Å². The Morgan fingerprint density at radius 3 is 1.25 bits per heavy atom. The second kappa shape index (κ2) is 22.9. The molecule has 2 N–H and O–H groups in total. The molecule has 416 valence electrons. The molecule has 0 saturated carbocycles. The van der Waals surface area contributed by atoms with Gasteiger partial charge >= 0.3 is 42.0 Å². The molecule has 0 aliphatic carbocycles. The van der Waals surface area contributed by atoms with E-state index in [1.54, 1.807) is 39.0 Å². The number of halogens is 14. The van der Waals surface area contributed by atoms with Crippen LogP contribution in [0.15, 0.2) is 86.0 Å². The number of nitrogens with zero attached hydrogens (tertiary/aromatic N) is 6. The molecule has 0 spiro atoms. The normalized spacial score (nSPS) is 12.8. The molecule has 2 aromatic heterocycles. The lowest BCUT2D eigenvalue weighted by Crippen LogP contribution is -2.50. The van der Waals surface area contributed by atoms with Gasteiger partial charge in [-0.05, 0) is 135 Å². The fourth-order valence-electron chi connectivity index (χ4n) is 8.44. The van der Waals surface area contributed by atoms with Gasteiger partial charge in [-0.1, -0.05) is 38.1 Å². The smallest absolute Gasteiger partial charge is 0.435 e. The van der Waals surface area contributed by atoms with E-state index in [1.807, 2.05) is 0 Å². The number of hydrogen-bond acceptors (Lipinski definition) is 9. The zero-order chi connectivity index (χ0) is 57.9. The van der Waals surface area contributed by atoms with E-state index in [2.05, 4.69) is 20.2 Å². The molecule has 4 aromatic carbocycles. The Hall–Kier alpha value is -7.05. The average molecular weight is 1100 g/mol. The number of alkyl halides is 14. The number of rotatable bonds is 16. The van der Waals surface area contributed by atoms with Gasteiger partial charge < -0.3 is 10.5 Å². The molecule has 0 aliphatic heterocycles. The summed E-state index contributed by atoms with van der Waals surface area (Å²) in [5, 5.41) is 8.09. The first-order valence-electron chi connectivity index (χ1n) is 23.4. The predicted octanol–water partition coefficient (Wildman–Crippen LogP) is 12.4. The lowest BCUT2D eigenvalue weighted by atomic mass is 9.86. The molecule has 77 heavy (non-hydrogen) atoms. The maximum atomic E-state index is 14.8. The summed E-state index contributed by atoms with van der Waals surface area (Å²) in [4.78, 5) is 46.4. The first kappa shape index (κ1) is 60.8. The number of hydrogen-bond donors (Lipinski definition) is 1. The number of ketones is 2. The monoisotopic (exact) mass is 1100 g/mol. The zero-order valence-electron chi connectivity index (χ0n) is 42.2. The summed E-state index contributed by atoms with van der Waals surface area (Å²) in [6.07, 6.45) is -20.0. The largest absolute Gasteiger partial charge is 0.460 e. The molecule has 2 heterocycles. The first-order chi connectivity index (χ1) is 35.5. The summed E-state index contributed by atoms with van der Waals surface area (Å²) in [6.45, 7) is 10.7. The van der Waals surface area contributed by atoms with Gasteiger partial charge in [-0.3, -0.25) is 14.4 Å². The third-order valence-corrected chi connectivity index (χ3v) is 12.3. The zero-order valence-corrected chi connectivity index (χ0v) is 42.2. The minimum atomic E-state index is -6.25. The van der Waals surface area contributed by atoms with Crippen molar-refractivity contribution in [2.45, 2.75) is 135 Å². The highest BCUT2D eigenvalue weighted by Crippen LogP contribution is 2.55. The Balaban J connectivity index is 0.000000289. The van der Waals surface area contributed by atoms with Crippen LogP contribution in [0.3, 0.4) is 0 Å². The molecule has 0 atom stereocenters. The van der Waals surface area contributed by atoms with Crippen molar-refractivity contribution in [2.24, 2.45) is 5.73 Å². The molecule has 0 aliphatic rings. The van der Waals surface area contributed by atoms with Gasteiger partial charge in [0.15, 0.2) is 11.6 Å². The Morgan fingerprint density at radius 1 is 0.545 bits per heavy atom. The Morgan fingerprint density at radius 2 is 0.922 bits per heavy atom. The molecule has 0 bridgehead atoms. The Kier molecular flexibility index (Phi) is 18.1. The molecular weight excluding hydrogens is 1050 g/mol. The number of aryl methyl sites for hydroxylation is 5. The summed E-state index contributed by atoms with van der Waals surface area (Å²) < 4.78 is 197. The standard InChI is InChI=1S/C29H30F7N3O3.C23H21F7N4O/c1-6-18-13-21(27(30,28(31,32)33)29(34,35)36)11-17(2)22(18)14-24(40)20-7-9-23(39-16-37-15-38-39)19(12-20)8-10-25(41)42-26(3,4)5;1-3-14-8-17(21(24,22(25,26)27)23(28,29)30)6-13(2)18(14)9-20(35)15-4-5-19(16(7-15)10-31)34-12-32-11-33-34/h7,9,11-13,15-16H,6,8,10,14H2,1-5H3;4-8,11-12H,3,9-10,31H2,1-2H3. The van der Waals surface area contributed by atoms with Crippen LogP contribution >= 0.6 is 0 Å². The second-order valence-electron chi connectivity index (χ2n) is 18.7. The van der Waals surface area contributed by atoms with E-state index in [-0.39, 0.29) is 89.6 Å². The number of nitrogens with two attached hydrogens (primary N) is 1. The summed E-state index contributed by atoms with van der Waals surface area (Å²) >= 11 is 0. The van der Waals surface area contributed by atoms with E-state index in [4.69, 9.17) is 10.5 Å². The van der Waals surface area contributed by atoms with E-state index >= 15 is 0 Å². The highest BCUT2D eigenvalue weighted by Gasteiger charge is 2.74. The maximum Gasteiger partial charge on any atom is 0.435 e. The summed E-state index contributed by atoms with van der Waals surface area (Å²) in [6, 6.07) is 11.3. The van der Waals surface area contributed by atoms with E-state index in [9.17, 15) is 75.8 Å². The van der Waals surface area contributed by atoms with Crippen LogP contribution < -0.4 is 5.73 Å². The summed E-state index contributed by atoms with van der Waals surface area (Å²) in [5.41, 5.74) is -6.19. The van der Waals surface area contributed by atoms with Crippen LogP contribution in [0, 0.1) is 13.8 Å². The molecule has 0 saturated heterocycles. The number of aromatic nitrogens is 6. The lowest BCUT2D eigenvalue weighted by molar-refractivity contribution is -0.349. The highest BCUT2D eigenvalue weighted by atomic mass is 19.4. The van der Waals surface area contributed by atoms with Gasteiger partial charge in [-0.15, -0.1) is 0 Å². The molecular formula is C52H51F14N7O4. The SMILES string of the molecule is CCc1cc(C(F)(C(F)(F)F)C(F)(F)F)cc(C)c1CC(=O)c1ccc(-n2cncn2)c(CCC(=O)OC(C)(C)C)c1.CCc1cc(C(F)(C(F)(F)F)C(F)(F)F)cc(C)c1CC(=O)c1ccc(-n2cncn2)c(CN)c1. The summed E-state index contributed by atoms with van der Waals surface area (Å²) in [5.74, 6) is -1.38. The van der Waals surface area contributed by atoms with Gasteiger partial charge in [0.2, 0.25) is 0 Å². The fourth-order valence-corrected chi connectivity index (χ4v) is 8.44. The van der Waals surface area contributed by atoms with Gasteiger partial charge in [0, 0.05) is 48.1 Å². The number of carbonyl (C=O) groups is 3. The molecule has 0 unspecified atom stereocenters. The van der Waals surface area contributed by atoms with Crippen LogP contribution in [0.5, 0.6) is 0 Å². The van der Waals surface area contributed by atoms with E-state index in [0.29, 0.717) is 46.8 Å². The van der Waals surface area contributed by atoms with Crippen molar-refractivity contribution in [3.05, 3.63) is 153 Å². The average Bonchev–Trinajstić information content (AvgIpc) is 4.08. The number of Topliss-reactive ketones (excluding diaryl/α,β-unsaturated/α-hetero) is 2. The third-order valence-electron chi connectivity index (χ3n) is 12.3. The van der Waals surface area contributed by atoms with Crippen LogP contribution in [-0.4, -0.2) is 77.4 Å². The fraction of sp³-hybridized carbons (Fsp3) is 0.404. The molecule has 0 fully saturated rings. The minimum Gasteiger partial charge on any atom is -0.460 e. The topological polar surface area (TPSA) is 148 Å². The van der Waals surface area contributed by atoms with E-state index < -0.39 is 70.3 Å². The van der Waals surface area contributed by atoms with Crippen molar-refractivity contribution in [3.63, 3.8) is 0 Å². The van der Waals surface area contributed by atoms with Crippen LogP contribution in [-0.2, 0) is 59.5 Å². The van der Waals surface area contributed by atoms with Crippen LogP contribution in [0.2, 0.25) is 0 Å². The molecule has 25 heteroatoms. The molecule has 0 radical (unpaired) electrons. The highest BCUT2D eigenvalue weighted by molar-refractivity contribution is 5.99. The Bertz CT molecular complexity index is 3040. The van der Waals surface area contributed by atoms with Crippen LogP contribution in [0.1, 0.15) is 117 Å². The second-order valence-corrected chi connectivity index (χ2v) is 18.7. The van der Waals surface area contributed by atoms with Crippen LogP contribution in [0.4, 0.5) is 61.5 Å². The van der Waals surface area contributed by atoms with Gasteiger partial charge in [-0.25, -0.2) is 28.1 Å². The Labute approximate surface area is 431 Å². The van der Waals surface area contributed by atoms with Gasteiger partial charge in [-0.2, -0.15) is 62.9 Å². The van der Waals surface area contributed by atoms with Crippen molar-refractivity contribution >= 4 is 17.5 Å². The number of esters is 1. The minimum absolute atomic E-state index is 0.0115. The van der Waals surface area contributed by atoms with Crippen molar-refractivity contribution in [2.75, 3.05) is 0 Å².